The normalized spacial score (nSPS) is 24.3. The Bertz CT molecular complexity index is 377. The number of nitrogens with zero attached hydrogens (tertiary/aromatic N) is 3. The standard InChI is InChI=1S/C15H28N4/c1-4-18(14-7-5-13(16)6-8-14)10-15-9-17-11-19(15)12(2)3/h9,11-14H,4-8,10,16H2,1-3H3. The van der Waals surface area contributed by atoms with Crippen LogP contribution >= 0.6 is 0 Å². The fourth-order valence-electron chi connectivity index (χ4n) is 3.09. The lowest BCUT2D eigenvalue weighted by molar-refractivity contribution is 0.145. The summed E-state index contributed by atoms with van der Waals surface area (Å²) in [6.07, 6.45) is 8.78. The van der Waals surface area contributed by atoms with Crippen molar-refractivity contribution in [2.24, 2.45) is 5.73 Å². The first-order valence-electron chi connectivity index (χ1n) is 7.62. The van der Waals surface area contributed by atoms with Crippen LogP contribution in [0.3, 0.4) is 0 Å². The molecule has 0 saturated heterocycles. The predicted octanol–water partition coefficient (Wildman–Crippen LogP) is 2.56. The SMILES string of the molecule is CCN(Cc1cncn1C(C)C)C1CCC(N)CC1. The number of hydrogen-bond donors (Lipinski definition) is 1. The fraction of sp³-hybridized carbons (Fsp3) is 0.800. The Morgan fingerprint density at radius 1 is 1.37 bits per heavy atom. The third-order valence-corrected chi connectivity index (χ3v) is 4.33. The van der Waals surface area contributed by atoms with E-state index in [1.165, 1.54) is 31.4 Å². The second kappa shape index (κ2) is 6.53. The van der Waals surface area contributed by atoms with Crippen LogP contribution in [0.5, 0.6) is 0 Å². The van der Waals surface area contributed by atoms with E-state index in [9.17, 15) is 0 Å². The van der Waals surface area contributed by atoms with Crippen molar-refractivity contribution in [3.05, 3.63) is 18.2 Å². The summed E-state index contributed by atoms with van der Waals surface area (Å²) < 4.78 is 2.28. The topological polar surface area (TPSA) is 47.1 Å². The zero-order valence-electron chi connectivity index (χ0n) is 12.5. The number of imidazole rings is 1. The maximum absolute atomic E-state index is 6.01. The third kappa shape index (κ3) is 3.57. The van der Waals surface area contributed by atoms with Crippen LogP contribution in [0.25, 0.3) is 0 Å². The molecule has 0 aromatic carbocycles. The monoisotopic (exact) mass is 264 g/mol. The van der Waals surface area contributed by atoms with Crippen molar-refractivity contribution >= 4 is 0 Å². The molecule has 0 spiro atoms. The molecule has 1 aromatic rings. The van der Waals surface area contributed by atoms with Crippen molar-refractivity contribution in [3.8, 4) is 0 Å². The van der Waals surface area contributed by atoms with Crippen molar-refractivity contribution in [1.29, 1.82) is 0 Å². The summed E-state index contributed by atoms with van der Waals surface area (Å²) in [5.74, 6) is 0. The zero-order chi connectivity index (χ0) is 13.8. The van der Waals surface area contributed by atoms with E-state index in [4.69, 9.17) is 5.73 Å². The van der Waals surface area contributed by atoms with Crippen molar-refractivity contribution in [1.82, 2.24) is 14.5 Å². The van der Waals surface area contributed by atoms with Crippen molar-refractivity contribution < 1.29 is 0 Å². The van der Waals surface area contributed by atoms with Gasteiger partial charge in [-0.25, -0.2) is 4.98 Å². The molecule has 0 amide bonds. The lowest BCUT2D eigenvalue weighted by atomic mass is 9.90. The molecule has 1 heterocycles. The molecule has 0 radical (unpaired) electrons. The molecule has 0 unspecified atom stereocenters. The highest BCUT2D eigenvalue weighted by Crippen LogP contribution is 2.24. The van der Waals surface area contributed by atoms with Crippen molar-refractivity contribution in [3.63, 3.8) is 0 Å². The maximum atomic E-state index is 6.01. The molecule has 1 fully saturated rings. The molecular formula is C15H28N4. The van der Waals surface area contributed by atoms with E-state index in [0.29, 0.717) is 18.1 Å². The number of rotatable bonds is 5. The molecule has 1 aliphatic rings. The first-order chi connectivity index (χ1) is 9.11. The van der Waals surface area contributed by atoms with Crippen LogP contribution in [-0.2, 0) is 6.54 Å². The van der Waals surface area contributed by atoms with Gasteiger partial charge in [-0.3, -0.25) is 4.90 Å². The molecule has 0 atom stereocenters. The minimum Gasteiger partial charge on any atom is -0.331 e. The first kappa shape index (κ1) is 14.5. The summed E-state index contributed by atoms with van der Waals surface area (Å²) >= 11 is 0. The van der Waals surface area contributed by atoms with Gasteiger partial charge in [0.2, 0.25) is 0 Å². The summed E-state index contributed by atoms with van der Waals surface area (Å²) in [6, 6.07) is 1.60. The molecule has 4 heteroatoms. The summed E-state index contributed by atoms with van der Waals surface area (Å²) in [5, 5.41) is 0. The molecule has 2 rings (SSSR count). The minimum atomic E-state index is 0.427. The van der Waals surface area contributed by atoms with Crippen LogP contribution in [0.2, 0.25) is 0 Å². The van der Waals surface area contributed by atoms with E-state index in [-0.39, 0.29) is 0 Å². The van der Waals surface area contributed by atoms with Gasteiger partial charge in [0.25, 0.3) is 0 Å². The van der Waals surface area contributed by atoms with Crippen molar-refractivity contribution in [2.45, 2.75) is 71.1 Å². The van der Waals surface area contributed by atoms with E-state index >= 15 is 0 Å². The second-order valence-electron chi connectivity index (χ2n) is 6.02. The first-order valence-corrected chi connectivity index (χ1v) is 7.62. The molecule has 1 aliphatic carbocycles. The number of aromatic nitrogens is 2. The van der Waals surface area contributed by atoms with E-state index in [2.05, 4.69) is 35.2 Å². The van der Waals surface area contributed by atoms with Gasteiger partial charge in [0.1, 0.15) is 0 Å². The second-order valence-corrected chi connectivity index (χ2v) is 6.02. The molecule has 108 valence electrons. The zero-order valence-corrected chi connectivity index (χ0v) is 12.5. The molecule has 0 bridgehead atoms. The molecule has 19 heavy (non-hydrogen) atoms. The van der Waals surface area contributed by atoms with Gasteiger partial charge < -0.3 is 10.3 Å². The molecule has 1 saturated carbocycles. The van der Waals surface area contributed by atoms with Crippen LogP contribution in [0, 0.1) is 0 Å². The Hall–Kier alpha value is -0.870. The molecule has 0 aliphatic heterocycles. The quantitative estimate of drug-likeness (QED) is 0.889. The Morgan fingerprint density at radius 2 is 2.05 bits per heavy atom. The van der Waals surface area contributed by atoms with Gasteiger partial charge in [-0.15, -0.1) is 0 Å². The number of hydrogen-bond acceptors (Lipinski definition) is 3. The Balaban J connectivity index is 2.00. The average molecular weight is 264 g/mol. The molecular weight excluding hydrogens is 236 g/mol. The van der Waals surface area contributed by atoms with E-state index in [0.717, 1.165) is 13.1 Å². The molecule has 1 aromatic heterocycles. The molecule has 2 N–H and O–H groups in total. The van der Waals surface area contributed by atoms with Crippen LogP contribution < -0.4 is 5.73 Å². The third-order valence-electron chi connectivity index (χ3n) is 4.33. The summed E-state index contributed by atoms with van der Waals surface area (Å²) in [6.45, 7) is 8.78. The summed E-state index contributed by atoms with van der Waals surface area (Å²) in [5.41, 5.74) is 7.33. The summed E-state index contributed by atoms with van der Waals surface area (Å²) in [7, 11) is 0. The fourth-order valence-corrected chi connectivity index (χ4v) is 3.09. The minimum absolute atomic E-state index is 0.427. The smallest absolute Gasteiger partial charge is 0.0951 e. The van der Waals surface area contributed by atoms with Gasteiger partial charge in [-0.1, -0.05) is 6.92 Å². The lowest BCUT2D eigenvalue weighted by Crippen LogP contribution is -2.40. The van der Waals surface area contributed by atoms with Gasteiger partial charge in [0.05, 0.1) is 12.0 Å². The summed E-state index contributed by atoms with van der Waals surface area (Å²) in [4.78, 5) is 6.89. The van der Waals surface area contributed by atoms with E-state index in [1.807, 2.05) is 12.5 Å². The Morgan fingerprint density at radius 3 is 2.63 bits per heavy atom. The van der Waals surface area contributed by atoms with Gasteiger partial charge in [0, 0.05) is 30.9 Å². The Labute approximate surface area is 117 Å². The molecule has 4 nitrogen and oxygen atoms in total. The predicted molar refractivity (Wildman–Crippen MR) is 78.9 cm³/mol. The highest BCUT2D eigenvalue weighted by molar-refractivity contribution is 5.00. The Kier molecular flexibility index (Phi) is 4.99. The van der Waals surface area contributed by atoms with Crippen LogP contribution in [-0.4, -0.2) is 33.1 Å². The van der Waals surface area contributed by atoms with Crippen LogP contribution in [0.4, 0.5) is 0 Å². The maximum Gasteiger partial charge on any atom is 0.0951 e. The lowest BCUT2D eigenvalue weighted by Gasteiger charge is -2.35. The van der Waals surface area contributed by atoms with Crippen LogP contribution in [0.1, 0.15) is 58.2 Å². The van der Waals surface area contributed by atoms with Gasteiger partial charge in [-0.05, 0) is 46.1 Å². The van der Waals surface area contributed by atoms with Gasteiger partial charge >= 0.3 is 0 Å². The van der Waals surface area contributed by atoms with Crippen molar-refractivity contribution in [2.75, 3.05) is 6.54 Å². The van der Waals surface area contributed by atoms with Gasteiger partial charge in [-0.2, -0.15) is 0 Å². The average Bonchev–Trinajstić information content (AvgIpc) is 2.85. The van der Waals surface area contributed by atoms with Gasteiger partial charge in [0.15, 0.2) is 0 Å². The van der Waals surface area contributed by atoms with E-state index in [1.54, 1.807) is 0 Å². The number of nitrogens with two attached hydrogens (primary N) is 1. The van der Waals surface area contributed by atoms with E-state index < -0.39 is 0 Å². The largest absolute Gasteiger partial charge is 0.331 e. The highest BCUT2D eigenvalue weighted by Gasteiger charge is 2.24. The van der Waals surface area contributed by atoms with Crippen LogP contribution in [0.15, 0.2) is 12.5 Å². The highest BCUT2D eigenvalue weighted by atomic mass is 15.2.